The molecule has 0 radical (unpaired) electrons. The molecule has 6 fully saturated rings. The molecule has 4 aliphatic carbocycles. The molecular weight excluding hydrogens is 636 g/mol. The Bertz CT molecular complexity index is 1580. The molecular formula is C37H48O12. The second-order valence-electron chi connectivity index (χ2n) is 16.4. The Kier molecular flexibility index (Phi) is 7.49. The molecule has 0 amide bonds. The number of cyclic esters (lactones) is 2. The Balaban J connectivity index is 1.22. The van der Waals surface area contributed by atoms with E-state index >= 15 is 0 Å². The van der Waals surface area contributed by atoms with Crippen LogP contribution in [0.25, 0.3) is 0 Å². The van der Waals surface area contributed by atoms with Gasteiger partial charge in [0.15, 0.2) is 11.9 Å². The molecule has 2 bridgehead atoms. The van der Waals surface area contributed by atoms with E-state index in [1.165, 1.54) is 6.26 Å². The van der Waals surface area contributed by atoms with Crippen LogP contribution in [-0.4, -0.2) is 93.6 Å². The quantitative estimate of drug-likeness (QED) is 0.122. The summed E-state index contributed by atoms with van der Waals surface area (Å²) in [5, 5.41) is 42.3. The van der Waals surface area contributed by atoms with Gasteiger partial charge in [0.05, 0.1) is 47.9 Å². The summed E-state index contributed by atoms with van der Waals surface area (Å²) in [6.07, 6.45) is 4.82. The van der Waals surface area contributed by atoms with Crippen molar-refractivity contribution in [3.63, 3.8) is 0 Å². The molecule has 4 aliphatic heterocycles. The number of carbonyl (C=O) groups is 3. The minimum Gasteiger partial charge on any atom is -0.469 e. The van der Waals surface area contributed by atoms with Crippen LogP contribution >= 0.6 is 0 Å². The minimum atomic E-state index is -1.49. The van der Waals surface area contributed by atoms with E-state index in [1.807, 2.05) is 32.9 Å². The van der Waals surface area contributed by atoms with Crippen molar-refractivity contribution in [2.24, 2.45) is 33.5 Å². The molecule has 268 valence electrons. The number of Topliss-reactive ketones (excluding diaryl/α,β-unsaturated/α-hetero) is 1. The summed E-state index contributed by atoms with van der Waals surface area (Å²) in [5.41, 5.74) is -6.06. The SMILES string of the molecule is CC1(C)O[C@H]2CC(=O)OC[C@@]23[C@@H]2CC[C@@]4(C)[C@H](c5ccoc5C[C@H](CCCCCO)[C@H](O)CO)OC(=O)[C@H]5O[C@@]54[C@@]24CC=C[C@]13C(=O)[C@H]4O. The first-order valence-electron chi connectivity index (χ1n) is 17.9. The number of rotatable bonds is 10. The summed E-state index contributed by atoms with van der Waals surface area (Å²) in [7, 11) is 0. The van der Waals surface area contributed by atoms with Gasteiger partial charge in [-0.25, -0.2) is 4.79 Å². The van der Waals surface area contributed by atoms with Crippen molar-refractivity contribution in [1.29, 1.82) is 0 Å². The maximum absolute atomic E-state index is 15.0. The summed E-state index contributed by atoms with van der Waals surface area (Å²) >= 11 is 0. The maximum Gasteiger partial charge on any atom is 0.339 e. The number of epoxide rings is 1. The maximum atomic E-state index is 15.0. The van der Waals surface area contributed by atoms with Crippen molar-refractivity contribution in [2.45, 2.75) is 120 Å². The Morgan fingerprint density at radius 1 is 1.02 bits per heavy atom. The summed E-state index contributed by atoms with van der Waals surface area (Å²) in [5.74, 6) is -1.56. The zero-order valence-corrected chi connectivity index (χ0v) is 28.4. The molecule has 2 saturated carbocycles. The predicted molar refractivity (Wildman–Crippen MR) is 168 cm³/mol. The van der Waals surface area contributed by atoms with E-state index in [0.29, 0.717) is 37.0 Å². The van der Waals surface area contributed by atoms with Gasteiger partial charge in [0.2, 0.25) is 0 Å². The van der Waals surface area contributed by atoms with Crippen LogP contribution in [0.3, 0.4) is 0 Å². The van der Waals surface area contributed by atoms with Crippen molar-refractivity contribution in [3.8, 4) is 0 Å². The number of esters is 2. The normalized spacial score (nSPS) is 45.2. The number of fused-ring (bicyclic) bond motifs is 2. The molecule has 12 nitrogen and oxygen atoms in total. The highest BCUT2D eigenvalue weighted by molar-refractivity contribution is 5.97. The summed E-state index contributed by atoms with van der Waals surface area (Å²) in [6, 6.07) is 1.77. The molecule has 49 heavy (non-hydrogen) atoms. The van der Waals surface area contributed by atoms with Crippen molar-refractivity contribution in [3.05, 3.63) is 35.8 Å². The van der Waals surface area contributed by atoms with Crippen LogP contribution < -0.4 is 0 Å². The van der Waals surface area contributed by atoms with E-state index in [4.69, 9.17) is 23.4 Å². The number of furan rings is 1. The van der Waals surface area contributed by atoms with Gasteiger partial charge in [-0.05, 0) is 63.9 Å². The monoisotopic (exact) mass is 684 g/mol. The highest BCUT2D eigenvalue weighted by atomic mass is 16.7. The van der Waals surface area contributed by atoms with Crippen molar-refractivity contribution in [1.82, 2.24) is 0 Å². The fraction of sp³-hybridized carbons (Fsp3) is 0.757. The first-order valence-corrected chi connectivity index (χ1v) is 17.9. The summed E-state index contributed by atoms with van der Waals surface area (Å²) in [4.78, 5) is 41.6. The standard InChI is InChI=1S/C37H48O12/c1-32(2)36-12-7-11-34(27(42)28(36)43)24(35(36)19-46-26(41)17-25(35)48-32)9-13-33(3)29(47-31(44)30-37(33,34)49-30)21-10-15-45-23(21)16-20(22(40)18-39)8-5-4-6-14-38/h7,10,12,15,20,22,24-25,27,29-30,38-40,42H,4-6,8-9,11,13-14,16-19H2,1-3H3/t20-,22+,24+,25-,27+,29-,30+,33-,34-,35+,36-,37-/m0/s1. The van der Waals surface area contributed by atoms with E-state index in [2.05, 4.69) is 0 Å². The smallest absolute Gasteiger partial charge is 0.339 e. The van der Waals surface area contributed by atoms with E-state index in [9.17, 15) is 34.8 Å². The van der Waals surface area contributed by atoms with Crippen LogP contribution in [-0.2, 0) is 39.8 Å². The molecule has 9 rings (SSSR count). The predicted octanol–water partition coefficient (Wildman–Crippen LogP) is 2.48. The molecule has 5 heterocycles. The third-order valence-corrected chi connectivity index (χ3v) is 14.3. The second-order valence-corrected chi connectivity index (χ2v) is 16.4. The average Bonchev–Trinajstić information content (AvgIpc) is 3.70. The zero-order valence-electron chi connectivity index (χ0n) is 28.4. The van der Waals surface area contributed by atoms with Gasteiger partial charge in [-0.1, -0.05) is 31.9 Å². The number of aliphatic hydroxyl groups excluding tert-OH is 4. The Labute approximate surface area is 285 Å². The van der Waals surface area contributed by atoms with Gasteiger partial charge in [-0.2, -0.15) is 0 Å². The summed E-state index contributed by atoms with van der Waals surface area (Å²) in [6.45, 7) is 5.37. The van der Waals surface area contributed by atoms with Crippen LogP contribution in [0, 0.1) is 33.5 Å². The molecule has 4 saturated heterocycles. The Morgan fingerprint density at radius 2 is 1.82 bits per heavy atom. The van der Waals surface area contributed by atoms with Gasteiger partial charge in [0.1, 0.15) is 30.2 Å². The first kappa shape index (κ1) is 33.5. The highest BCUT2D eigenvalue weighted by Gasteiger charge is 2.94. The molecule has 0 unspecified atom stereocenters. The fourth-order valence-corrected chi connectivity index (χ4v) is 12.3. The van der Waals surface area contributed by atoms with E-state index < -0.39 is 81.7 Å². The molecule has 4 N–H and O–H groups in total. The largest absolute Gasteiger partial charge is 0.469 e. The molecule has 12 atom stereocenters. The van der Waals surface area contributed by atoms with Crippen LogP contribution in [0.4, 0.5) is 0 Å². The van der Waals surface area contributed by atoms with Gasteiger partial charge < -0.3 is 43.8 Å². The lowest BCUT2D eigenvalue weighted by atomic mass is 9.33. The average molecular weight is 685 g/mol. The lowest BCUT2D eigenvalue weighted by molar-refractivity contribution is -0.262. The van der Waals surface area contributed by atoms with Gasteiger partial charge in [-0.3, -0.25) is 9.59 Å². The number of unbranched alkanes of at least 4 members (excludes halogenated alkanes) is 2. The van der Waals surface area contributed by atoms with Crippen molar-refractivity contribution >= 4 is 17.7 Å². The number of hydrogen-bond donors (Lipinski definition) is 4. The number of hydrogen-bond acceptors (Lipinski definition) is 12. The number of ether oxygens (including phenoxy) is 4. The Hall–Kier alpha value is -2.61. The third-order valence-electron chi connectivity index (χ3n) is 14.3. The lowest BCUT2D eigenvalue weighted by Gasteiger charge is -2.68. The molecule has 4 spiro atoms. The van der Waals surface area contributed by atoms with Crippen LogP contribution in [0.5, 0.6) is 0 Å². The lowest BCUT2D eigenvalue weighted by Crippen LogP contribution is -2.79. The van der Waals surface area contributed by atoms with Gasteiger partial charge in [0.25, 0.3) is 0 Å². The minimum absolute atomic E-state index is 0.00652. The van der Waals surface area contributed by atoms with Gasteiger partial charge in [-0.15, -0.1) is 0 Å². The second kappa shape index (κ2) is 10.9. The Morgan fingerprint density at radius 3 is 2.57 bits per heavy atom. The molecule has 8 aliphatic rings. The van der Waals surface area contributed by atoms with Gasteiger partial charge in [0, 0.05) is 29.4 Å². The highest BCUT2D eigenvalue weighted by Crippen LogP contribution is 2.84. The topological polar surface area (TPSA) is 185 Å². The fourth-order valence-electron chi connectivity index (χ4n) is 12.3. The van der Waals surface area contributed by atoms with Crippen LogP contribution in [0.15, 0.2) is 28.9 Å². The number of allylic oxidation sites excluding steroid dienone is 1. The van der Waals surface area contributed by atoms with Crippen molar-refractivity contribution < 1.29 is 58.2 Å². The molecule has 12 heteroatoms. The van der Waals surface area contributed by atoms with Gasteiger partial charge >= 0.3 is 11.9 Å². The number of ketones is 1. The number of aliphatic hydroxyl groups is 4. The van der Waals surface area contributed by atoms with E-state index in [-0.39, 0.29) is 50.3 Å². The van der Waals surface area contributed by atoms with Crippen LogP contribution in [0.2, 0.25) is 0 Å². The molecule has 0 aromatic carbocycles. The van der Waals surface area contributed by atoms with E-state index in [1.54, 1.807) is 6.07 Å². The molecule has 1 aromatic rings. The van der Waals surface area contributed by atoms with E-state index in [0.717, 1.165) is 12.8 Å². The van der Waals surface area contributed by atoms with Crippen molar-refractivity contribution in [2.75, 3.05) is 19.8 Å². The zero-order chi connectivity index (χ0) is 34.8. The first-order chi connectivity index (χ1) is 23.3. The number of carbonyl (C=O) groups excluding carboxylic acids is 3. The van der Waals surface area contributed by atoms with Crippen LogP contribution in [0.1, 0.15) is 89.6 Å². The summed E-state index contributed by atoms with van der Waals surface area (Å²) < 4.78 is 31.4. The molecule has 1 aromatic heterocycles. The third kappa shape index (κ3) is 3.83.